The summed E-state index contributed by atoms with van der Waals surface area (Å²) in [6, 6.07) is 3.02. The van der Waals surface area contributed by atoms with Crippen LogP contribution in [0.2, 0.25) is 0 Å². The number of carboxylic acid groups (broad SMARTS) is 1. The summed E-state index contributed by atoms with van der Waals surface area (Å²) in [5.41, 5.74) is -0.351. The summed E-state index contributed by atoms with van der Waals surface area (Å²) in [4.78, 5) is 10.1. The Labute approximate surface area is 114 Å². The van der Waals surface area contributed by atoms with Crippen LogP contribution in [-0.2, 0) is 10.0 Å². The second-order valence-electron chi connectivity index (χ2n) is 3.39. The molecule has 1 rings (SSSR count). The highest BCUT2D eigenvalue weighted by Crippen LogP contribution is 2.24. The maximum atomic E-state index is 12.0. The lowest BCUT2D eigenvalue weighted by atomic mass is 10.2. The molecular formula is C9H7BrF3NO4S. The van der Waals surface area contributed by atoms with E-state index in [0.29, 0.717) is 0 Å². The van der Waals surface area contributed by atoms with Crippen molar-refractivity contribution >= 4 is 31.9 Å². The lowest BCUT2D eigenvalue weighted by Gasteiger charge is -2.11. The number of benzene rings is 1. The molecule has 0 saturated carbocycles. The van der Waals surface area contributed by atoms with Crippen LogP contribution in [0.25, 0.3) is 0 Å². The van der Waals surface area contributed by atoms with Gasteiger partial charge in [-0.05, 0) is 34.1 Å². The molecule has 0 atom stereocenters. The number of aromatic carboxylic acids is 1. The molecule has 0 amide bonds. The summed E-state index contributed by atoms with van der Waals surface area (Å²) in [7, 11) is -4.46. The van der Waals surface area contributed by atoms with Gasteiger partial charge in [-0.2, -0.15) is 13.2 Å². The van der Waals surface area contributed by atoms with Crippen molar-refractivity contribution in [3.8, 4) is 0 Å². The van der Waals surface area contributed by atoms with Gasteiger partial charge in [0, 0.05) is 4.47 Å². The highest BCUT2D eigenvalue weighted by molar-refractivity contribution is 9.10. The molecule has 0 aliphatic carbocycles. The van der Waals surface area contributed by atoms with Crippen molar-refractivity contribution in [3.63, 3.8) is 0 Å². The van der Waals surface area contributed by atoms with Gasteiger partial charge in [0.15, 0.2) is 0 Å². The number of hydrogen-bond donors (Lipinski definition) is 2. The highest BCUT2D eigenvalue weighted by atomic mass is 79.9. The van der Waals surface area contributed by atoms with Crippen molar-refractivity contribution in [1.82, 2.24) is 4.72 Å². The molecular weight excluding hydrogens is 355 g/mol. The molecule has 0 fully saturated rings. The monoisotopic (exact) mass is 361 g/mol. The van der Waals surface area contributed by atoms with Gasteiger partial charge >= 0.3 is 12.1 Å². The van der Waals surface area contributed by atoms with Gasteiger partial charge in [0.05, 0.1) is 10.5 Å². The van der Waals surface area contributed by atoms with Gasteiger partial charge < -0.3 is 5.11 Å². The molecule has 19 heavy (non-hydrogen) atoms. The van der Waals surface area contributed by atoms with E-state index in [0.717, 1.165) is 18.2 Å². The minimum atomic E-state index is -4.70. The average Bonchev–Trinajstić information content (AvgIpc) is 2.25. The van der Waals surface area contributed by atoms with Crippen molar-refractivity contribution in [2.45, 2.75) is 11.1 Å². The van der Waals surface area contributed by atoms with Crippen LogP contribution in [-0.4, -0.2) is 32.2 Å². The molecule has 0 bridgehead atoms. The fourth-order valence-electron chi connectivity index (χ4n) is 1.10. The van der Waals surface area contributed by atoms with Gasteiger partial charge in [-0.25, -0.2) is 17.9 Å². The number of alkyl halides is 3. The molecule has 1 aromatic rings. The Bertz CT molecular complexity index is 600. The first-order valence-corrected chi connectivity index (χ1v) is 6.90. The fourth-order valence-corrected chi connectivity index (χ4v) is 3.10. The van der Waals surface area contributed by atoms with E-state index in [9.17, 15) is 26.4 Å². The Morgan fingerprint density at radius 3 is 2.42 bits per heavy atom. The predicted molar refractivity (Wildman–Crippen MR) is 62.3 cm³/mol. The summed E-state index contributed by atoms with van der Waals surface area (Å²) in [5, 5.41) is 8.71. The summed E-state index contributed by atoms with van der Waals surface area (Å²) in [6.45, 7) is -1.74. The van der Waals surface area contributed by atoms with E-state index in [-0.39, 0.29) is 10.0 Å². The van der Waals surface area contributed by atoms with Crippen LogP contribution in [0.5, 0.6) is 0 Å². The zero-order valence-corrected chi connectivity index (χ0v) is 11.4. The first-order chi connectivity index (χ1) is 8.53. The first kappa shape index (κ1) is 15.9. The number of carbonyl (C=O) groups is 1. The molecule has 0 saturated heterocycles. The molecule has 0 aliphatic heterocycles. The van der Waals surface area contributed by atoms with Crippen LogP contribution in [0.15, 0.2) is 27.6 Å². The number of sulfonamides is 1. The summed E-state index contributed by atoms with van der Waals surface area (Å²) in [5.74, 6) is -1.39. The highest BCUT2D eigenvalue weighted by Gasteiger charge is 2.30. The summed E-state index contributed by atoms with van der Waals surface area (Å²) >= 11 is 2.84. The first-order valence-electron chi connectivity index (χ1n) is 4.62. The Hall–Kier alpha value is -1.13. The summed E-state index contributed by atoms with van der Waals surface area (Å²) < 4.78 is 60.5. The molecule has 106 valence electrons. The van der Waals surface area contributed by atoms with Gasteiger partial charge in [-0.15, -0.1) is 0 Å². The zero-order chi connectivity index (χ0) is 14.8. The minimum absolute atomic E-state index is 0.0350. The van der Waals surface area contributed by atoms with E-state index in [1.165, 1.54) is 4.72 Å². The van der Waals surface area contributed by atoms with E-state index < -0.39 is 33.6 Å². The van der Waals surface area contributed by atoms with Gasteiger partial charge in [-0.3, -0.25) is 0 Å². The molecule has 0 aliphatic rings. The van der Waals surface area contributed by atoms with Crippen molar-refractivity contribution < 1.29 is 31.5 Å². The van der Waals surface area contributed by atoms with E-state index in [2.05, 4.69) is 15.9 Å². The normalized spacial score (nSPS) is 12.4. The quantitative estimate of drug-likeness (QED) is 0.858. The van der Waals surface area contributed by atoms with E-state index >= 15 is 0 Å². The third-order valence-corrected chi connectivity index (χ3v) is 4.33. The smallest absolute Gasteiger partial charge is 0.402 e. The van der Waals surface area contributed by atoms with Gasteiger partial charge in [0.1, 0.15) is 6.54 Å². The average molecular weight is 362 g/mol. The Morgan fingerprint density at radius 2 is 1.95 bits per heavy atom. The van der Waals surface area contributed by atoms with Crippen molar-refractivity contribution in [2.75, 3.05) is 6.54 Å². The van der Waals surface area contributed by atoms with Crippen LogP contribution >= 0.6 is 15.9 Å². The molecule has 0 spiro atoms. The maximum Gasteiger partial charge on any atom is 0.402 e. The van der Waals surface area contributed by atoms with Gasteiger partial charge in [-0.1, -0.05) is 0 Å². The van der Waals surface area contributed by atoms with Crippen LogP contribution in [0.3, 0.4) is 0 Å². The molecule has 10 heteroatoms. The molecule has 0 aromatic heterocycles. The largest absolute Gasteiger partial charge is 0.478 e. The van der Waals surface area contributed by atoms with E-state index in [1.54, 1.807) is 0 Å². The lowest BCUT2D eigenvalue weighted by molar-refractivity contribution is -0.121. The van der Waals surface area contributed by atoms with Crippen LogP contribution in [0.4, 0.5) is 13.2 Å². The lowest BCUT2D eigenvalue weighted by Crippen LogP contribution is -2.34. The van der Waals surface area contributed by atoms with Crippen LogP contribution < -0.4 is 4.72 Å². The molecule has 5 nitrogen and oxygen atoms in total. The predicted octanol–water partition coefficient (Wildman–Crippen LogP) is 1.99. The molecule has 2 N–H and O–H groups in total. The number of halogens is 4. The standard InChI is InChI=1S/C9H7BrF3NO4S/c10-6-2-1-5(8(15)16)3-7(6)19(17,18)14-4-9(11,12)13/h1-3,14H,4H2,(H,15,16). The Balaban J connectivity index is 3.14. The fraction of sp³-hybridized carbons (Fsp3) is 0.222. The second-order valence-corrected chi connectivity index (χ2v) is 5.98. The van der Waals surface area contributed by atoms with E-state index in [1.807, 2.05) is 0 Å². The molecule has 0 radical (unpaired) electrons. The number of hydrogen-bond acceptors (Lipinski definition) is 3. The number of rotatable bonds is 4. The summed E-state index contributed by atoms with van der Waals surface area (Å²) in [6.07, 6.45) is -4.70. The SMILES string of the molecule is O=C(O)c1ccc(Br)c(S(=O)(=O)NCC(F)(F)F)c1. The minimum Gasteiger partial charge on any atom is -0.478 e. The van der Waals surface area contributed by atoms with Gasteiger partial charge in [0.2, 0.25) is 10.0 Å². The van der Waals surface area contributed by atoms with Crippen molar-refractivity contribution in [1.29, 1.82) is 0 Å². The third-order valence-electron chi connectivity index (χ3n) is 1.93. The zero-order valence-electron chi connectivity index (χ0n) is 9.03. The van der Waals surface area contributed by atoms with Crippen molar-refractivity contribution in [3.05, 3.63) is 28.2 Å². The Kier molecular flexibility index (Phi) is 4.59. The van der Waals surface area contributed by atoms with Gasteiger partial charge in [0.25, 0.3) is 0 Å². The molecule has 1 aromatic carbocycles. The molecule has 0 heterocycles. The van der Waals surface area contributed by atoms with E-state index in [4.69, 9.17) is 5.11 Å². The third kappa shape index (κ3) is 4.48. The maximum absolute atomic E-state index is 12.0. The second kappa shape index (κ2) is 5.47. The van der Waals surface area contributed by atoms with Crippen molar-refractivity contribution in [2.24, 2.45) is 0 Å². The van der Waals surface area contributed by atoms with Crippen LogP contribution in [0, 0.1) is 0 Å². The van der Waals surface area contributed by atoms with Crippen LogP contribution in [0.1, 0.15) is 10.4 Å². The number of nitrogens with one attached hydrogen (secondary N) is 1. The topological polar surface area (TPSA) is 83.5 Å². The Morgan fingerprint density at radius 1 is 1.37 bits per heavy atom. The number of carboxylic acids is 1. The molecule has 0 unspecified atom stereocenters.